The van der Waals surface area contributed by atoms with Gasteiger partial charge in [0, 0.05) is 16.3 Å². The second-order valence-electron chi connectivity index (χ2n) is 4.08. The first-order chi connectivity index (χ1) is 9.08. The predicted molar refractivity (Wildman–Crippen MR) is 77.7 cm³/mol. The highest BCUT2D eigenvalue weighted by Gasteiger charge is 2.19. The molecule has 6 heteroatoms. The third-order valence-corrected chi connectivity index (χ3v) is 3.36. The molecule has 1 heterocycles. The molecular weight excluding hydrogens is 284 g/mol. The van der Waals surface area contributed by atoms with Crippen LogP contribution in [0.5, 0.6) is 0 Å². The molecule has 0 atom stereocenters. The van der Waals surface area contributed by atoms with Crippen molar-refractivity contribution in [3.63, 3.8) is 0 Å². The summed E-state index contributed by atoms with van der Waals surface area (Å²) in [6.45, 7) is 2.32. The van der Waals surface area contributed by atoms with Crippen LogP contribution in [0.1, 0.15) is 12.5 Å². The van der Waals surface area contributed by atoms with Crippen molar-refractivity contribution in [2.75, 3.05) is 6.54 Å². The second kappa shape index (κ2) is 6.04. The zero-order valence-corrected chi connectivity index (χ0v) is 11.9. The largest absolute Gasteiger partial charge is 0.457 e. The van der Waals surface area contributed by atoms with Crippen molar-refractivity contribution in [1.29, 1.82) is 0 Å². The summed E-state index contributed by atoms with van der Waals surface area (Å²) < 4.78 is 5.25. The molecule has 0 fully saturated rings. The van der Waals surface area contributed by atoms with Gasteiger partial charge in [-0.1, -0.05) is 29.8 Å². The number of benzene rings is 1. The van der Waals surface area contributed by atoms with Crippen molar-refractivity contribution >= 4 is 34.9 Å². The number of thiocarbonyl (C=S) groups is 1. The van der Waals surface area contributed by atoms with Crippen LogP contribution in [0, 0.1) is 0 Å². The van der Waals surface area contributed by atoms with Crippen molar-refractivity contribution < 1.29 is 9.53 Å². The Bertz CT molecular complexity index is 557. The summed E-state index contributed by atoms with van der Waals surface area (Å²) >= 11 is 11.0. The molecule has 0 unspecified atom stereocenters. The maximum absolute atomic E-state index is 12.0. The summed E-state index contributed by atoms with van der Waals surface area (Å²) in [4.78, 5) is 12.0. The monoisotopic (exact) mass is 296 g/mol. The van der Waals surface area contributed by atoms with Gasteiger partial charge in [0.05, 0.1) is 12.1 Å². The molecule has 0 spiro atoms. The quantitative estimate of drug-likeness (QED) is 0.661. The average Bonchev–Trinajstić information content (AvgIpc) is 2.37. The first-order valence-electron chi connectivity index (χ1n) is 5.73. The fourth-order valence-electron chi connectivity index (χ4n) is 1.66. The molecule has 1 aliphatic rings. The van der Waals surface area contributed by atoms with Crippen molar-refractivity contribution in [3.8, 4) is 0 Å². The Morgan fingerprint density at radius 1 is 1.47 bits per heavy atom. The third kappa shape index (κ3) is 3.45. The molecule has 1 aromatic carbocycles. The number of carbonyl (C=O) groups is 1. The molecular formula is C13H13ClN2O2S. The van der Waals surface area contributed by atoms with Crippen LogP contribution in [0.25, 0.3) is 0 Å². The second-order valence-corrected chi connectivity index (χ2v) is 4.89. The van der Waals surface area contributed by atoms with Crippen molar-refractivity contribution in [2.24, 2.45) is 0 Å². The van der Waals surface area contributed by atoms with Crippen LogP contribution in [-0.4, -0.2) is 17.6 Å². The number of allylic oxidation sites excluding steroid dienone is 1. The lowest BCUT2D eigenvalue weighted by Crippen LogP contribution is -2.42. The molecule has 1 aliphatic heterocycles. The number of nitrogens with one attached hydrogen (secondary N) is 2. The average molecular weight is 297 g/mol. The number of hydrogen-bond acceptors (Lipinski definition) is 3. The van der Waals surface area contributed by atoms with E-state index in [-0.39, 0.29) is 12.6 Å². The Kier molecular flexibility index (Phi) is 4.39. The number of rotatable bonds is 3. The molecule has 0 radical (unpaired) electrons. The van der Waals surface area contributed by atoms with Gasteiger partial charge in [0.25, 0.3) is 0 Å². The molecule has 0 aliphatic carbocycles. The Labute approximate surface area is 121 Å². The maximum atomic E-state index is 12.0. The molecule has 0 amide bonds. The van der Waals surface area contributed by atoms with Crippen LogP contribution in [-0.2, 0) is 16.1 Å². The van der Waals surface area contributed by atoms with E-state index in [1.54, 1.807) is 13.0 Å². The zero-order chi connectivity index (χ0) is 13.8. The Morgan fingerprint density at radius 2 is 2.21 bits per heavy atom. The minimum atomic E-state index is -0.375. The van der Waals surface area contributed by atoms with E-state index in [0.717, 1.165) is 5.56 Å². The van der Waals surface area contributed by atoms with Gasteiger partial charge in [0.2, 0.25) is 0 Å². The van der Waals surface area contributed by atoms with Crippen molar-refractivity contribution in [3.05, 3.63) is 46.1 Å². The van der Waals surface area contributed by atoms with Gasteiger partial charge in [0.15, 0.2) is 5.11 Å². The van der Waals surface area contributed by atoms with Crippen molar-refractivity contribution in [1.82, 2.24) is 10.6 Å². The number of carbonyl (C=O) groups excluding carboxylic acids is 1. The van der Waals surface area contributed by atoms with Crippen LogP contribution < -0.4 is 10.6 Å². The molecule has 0 bridgehead atoms. The minimum Gasteiger partial charge on any atom is -0.457 e. The van der Waals surface area contributed by atoms with Gasteiger partial charge in [-0.3, -0.25) is 0 Å². The van der Waals surface area contributed by atoms with Crippen molar-refractivity contribution in [2.45, 2.75) is 13.5 Å². The molecule has 0 aromatic heterocycles. The van der Waals surface area contributed by atoms with E-state index in [1.807, 2.05) is 18.2 Å². The van der Waals surface area contributed by atoms with Gasteiger partial charge in [-0.2, -0.15) is 0 Å². The Hall–Kier alpha value is -1.59. The third-order valence-electron chi connectivity index (χ3n) is 2.74. The first kappa shape index (κ1) is 13.8. The summed E-state index contributed by atoms with van der Waals surface area (Å²) in [7, 11) is 0. The van der Waals surface area contributed by atoms with Gasteiger partial charge in [0.1, 0.15) is 6.61 Å². The van der Waals surface area contributed by atoms with Gasteiger partial charge < -0.3 is 15.4 Å². The molecule has 0 saturated heterocycles. The predicted octanol–water partition coefficient (Wildman–Crippen LogP) is 2.13. The lowest BCUT2D eigenvalue weighted by atomic mass is 10.2. The van der Waals surface area contributed by atoms with Crippen LogP contribution in [0.15, 0.2) is 35.5 Å². The minimum absolute atomic E-state index is 0.153. The molecule has 4 nitrogen and oxygen atoms in total. The number of esters is 1. The van der Waals surface area contributed by atoms with E-state index in [0.29, 0.717) is 27.9 Å². The SMILES string of the molecule is CC1=C(C(=O)OCc2ccccc2Cl)CNC(=S)N1. The topological polar surface area (TPSA) is 50.4 Å². The number of hydrogen-bond donors (Lipinski definition) is 2. The molecule has 2 rings (SSSR count). The van der Waals surface area contributed by atoms with Gasteiger partial charge in [-0.05, 0) is 25.2 Å². The summed E-state index contributed by atoms with van der Waals surface area (Å²) in [5.74, 6) is -0.375. The van der Waals surface area contributed by atoms with E-state index in [4.69, 9.17) is 28.6 Å². The fourth-order valence-corrected chi connectivity index (χ4v) is 2.08. The van der Waals surface area contributed by atoms with E-state index in [9.17, 15) is 4.79 Å². The summed E-state index contributed by atoms with van der Waals surface area (Å²) in [6.07, 6.45) is 0. The standard InChI is InChI=1S/C13H13ClN2O2S/c1-8-10(6-15-13(19)16-8)12(17)18-7-9-4-2-3-5-11(9)14/h2-5H,6-7H2,1H3,(H2,15,16,19). The number of ether oxygens (including phenoxy) is 1. The van der Waals surface area contributed by atoms with E-state index >= 15 is 0 Å². The van der Waals surface area contributed by atoms with E-state index < -0.39 is 0 Å². The normalized spacial score (nSPS) is 14.7. The lowest BCUT2D eigenvalue weighted by molar-refractivity contribution is -0.140. The molecule has 19 heavy (non-hydrogen) atoms. The fraction of sp³-hybridized carbons (Fsp3) is 0.231. The van der Waals surface area contributed by atoms with Crippen LogP contribution >= 0.6 is 23.8 Å². The summed E-state index contributed by atoms with van der Waals surface area (Å²) in [5.41, 5.74) is 2.04. The van der Waals surface area contributed by atoms with E-state index in [2.05, 4.69) is 10.6 Å². The highest BCUT2D eigenvalue weighted by Crippen LogP contribution is 2.17. The smallest absolute Gasteiger partial charge is 0.337 e. The van der Waals surface area contributed by atoms with Crippen LogP contribution in [0.3, 0.4) is 0 Å². The van der Waals surface area contributed by atoms with Gasteiger partial charge in [-0.25, -0.2) is 4.79 Å². The summed E-state index contributed by atoms with van der Waals surface area (Å²) in [6, 6.07) is 7.26. The Balaban J connectivity index is 2.01. The highest BCUT2D eigenvalue weighted by molar-refractivity contribution is 7.80. The Morgan fingerprint density at radius 3 is 2.89 bits per heavy atom. The highest BCUT2D eigenvalue weighted by atomic mass is 35.5. The van der Waals surface area contributed by atoms with Crippen LogP contribution in [0.4, 0.5) is 0 Å². The van der Waals surface area contributed by atoms with Gasteiger partial charge in [-0.15, -0.1) is 0 Å². The molecule has 100 valence electrons. The van der Waals surface area contributed by atoms with Gasteiger partial charge >= 0.3 is 5.97 Å². The zero-order valence-electron chi connectivity index (χ0n) is 10.3. The number of halogens is 1. The molecule has 2 N–H and O–H groups in total. The maximum Gasteiger partial charge on any atom is 0.337 e. The van der Waals surface area contributed by atoms with Crippen LogP contribution in [0.2, 0.25) is 5.02 Å². The molecule has 0 saturated carbocycles. The molecule has 1 aromatic rings. The first-order valence-corrected chi connectivity index (χ1v) is 6.51. The lowest BCUT2D eigenvalue weighted by Gasteiger charge is -2.20. The summed E-state index contributed by atoms with van der Waals surface area (Å²) in [5, 5.41) is 6.88. The van der Waals surface area contributed by atoms with E-state index in [1.165, 1.54) is 0 Å².